The minimum atomic E-state index is -0.781. The Bertz CT molecular complexity index is 660. The van der Waals surface area contributed by atoms with E-state index in [0.717, 1.165) is 11.1 Å². The summed E-state index contributed by atoms with van der Waals surface area (Å²) in [5.41, 5.74) is 2.16. The van der Waals surface area contributed by atoms with E-state index in [2.05, 4.69) is 31.9 Å². The summed E-state index contributed by atoms with van der Waals surface area (Å²) >= 11 is 8.36. The van der Waals surface area contributed by atoms with Gasteiger partial charge in [-0.25, -0.2) is 4.79 Å². The molecule has 2 heterocycles. The third kappa shape index (κ3) is 2.63. The standard InChI is InChI=1S/C15H13Br2NO3S/c1-9-8-22-14-15(16,17)13(20)18(14)11(9)12(19)21-7-10-5-3-2-4-6-10/h2-6,14H,7-8H2,1H3/t14-/m1/s1. The van der Waals surface area contributed by atoms with Crippen molar-refractivity contribution in [1.82, 2.24) is 4.90 Å². The van der Waals surface area contributed by atoms with Gasteiger partial charge in [0.15, 0.2) is 3.23 Å². The predicted octanol–water partition coefficient (Wildman–Crippen LogP) is 3.41. The molecule has 7 heteroatoms. The number of alkyl halides is 2. The highest BCUT2D eigenvalue weighted by Gasteiger charge is 2.62. The van der Waals surface area contributed by atoms with Crippen molar-refractivity contribution in [3.05, 3.63) is 47.2 Å². The third-order valence-electron chi connectivity index (χ3n) is 3.56. The van der Waals surface area contributed by atoms with E-state index in [0.29, 0.717) is 11.4 Å². The number of rotatable bonds is 3. The van der Waals surface area contributed by atoms with Gasteiger partial charge in [0, 0.05) is 5.75 Å². The Hall–Kier alpha value is -0.790. The number of esters is 1. The van der Waals surface area contributed by atoms with Crippen LogP contribution in [-0.2, 0) is 20.9 Å². The molecular formula is C15H13Br2NO3S. The van der Waals surface area contributed by atoms with Crippen molar-refractivity contribution < 1.29 is 14.3 Å². The molecule has 2 aliphatic rings. The summed E-state index contributed by atoms with van der Waals surface area (Å²) in [4.78, 5) is 26.2. The lowest BCUT2D eigenvalue weighted by Crippen LogP contribution is -2.67. The molecule has 0 spiro atoms. The molecule has 1 amide bonds. The molecule has 1 saturated heterocycles. The molecule has 1 atom stereocenters. The zero-order valence-electron chi connectivity index (χ0n) is 11.7. The van der Waals surface area contributed by atoms with Crippen LogP contribution < -0.4 is 0 Å². The summed E-state index contributed by atoms with van der Waals surface area (Å²) in [6.07, 6.45) is 0. The molecule has 0 N–H and O–H groups in total. The lowest BCUT2D eigenvalue weighted by atomic mass is 10.1. The van der Waals surface area contributed by atoms with Crippen LogP contribution in [0.15, 0.2) is 41.6 Å². The van der Waals surface area contributed by atoms with E-state index >= 15 is 0 Å². The molecule has 4 nitrogen and oxygen atoms in total. The largest absolute Gasteiger partial charge is 0.456 e. The maximum atomic E-state index is 12.4. The summed E-state index contributed by atoms with van der Waals surface area (Å²) < 4.78 is 4.60. The average molecular weight is 447 g/mol. The number of hydrogen-bond donors (Lipinski definition) is 0. The van der Waals surface area contributed by atoms with Crippen molar-refractivity contribution in [3.63, 3.8) is 0 Å². The first-order chi connectivity index (χ1) is 10.4. The summed E-state index contributed by atoms with van der Waals surface area (Å²) in [5, 5.41) is -0.136. The van der Waals surface area contributed by atoms with Gasteiger partial charge in [-0.05, 0) is 18.1 Å². The Kier molecular flexibility index (Phi) is 4.40. The number of amides is 1. The second-order valence-corrected chi connectivity index (χ2v) is 9.79. The number of hydrogen-bond acceptors (Lipinski definition) is 4. The fourth-order valence-corrected chi connectivity index (χ4v) is 5.20. The second-order valence-electron chi connectivity index (χ2n) is 5.15. The molecule has 1 aromatic carbocycles. The van der Waals surface area contributed by atoms with Crippen LogP contribution >= 0.6 is 43.6 Å². The molecule has 0 aromatic heterocycles. The zero-order valence-corrected chi connectivity index (χ0v) is 15.7. The highest BCUT2D eigenvalue weighted by atomic mass is 79.9. The number of β-lactam (4-membered cyclic amide) rings is 1. The van der Waals surface area contributed by atoms with Gasteiger partial charge in [-0.15, -0.1) is 11.8 Å². The highest BCUT2D eigenvalue weighted by Crippen LogP contribution is 2.53. The topological polar surface area (TPSA) is 46.6 Å². The van der Waals surface area contributed by atoms with Crippen LogP contribution in [0.4, 0.5) is 0 Å². The number of fused-ring (bicyclic) bond motifs is 1. The highest BCUT2D eigenvalue weighted by molar-refractivity contribution is 9.26. The van der Waals surface area contributed by atoms with Crippen molar-refractivity contribution in [3.8, 4) is 0 Å². The van der Waals surface area contributed by atoms with Crippen molar-refractivity contribution >= 4 is 55.5 Å². The molecule has 116 valence electrons. The number of carbonyl (C=O) groups is 2. The maximum absolute atomic E-state index is 12.4. The van der Waals surface area contributed by atoms with E-state index in [4.69, 9.17) is 4.74 Å². The van der Waals surface area contributed by atoms with E-state index in [1.807, 2.05) is 37.3 Å². The Morgan fingerprint density at radius 1 is 1.41 bits per heavy atom. The number of carbonyl (C=O) groups excluding carboxylic acids is 2. The summed E-state index contributed by atoms with van der Waals surface area (Å²) in [7, 11) is 0. The SMILES string of the molecule is CC1=C(C(=O)OCc2ccccc2)N2C(=O)C(Br)(Br)[C@H]2SC1. The van der Waals surface area contributed by atoms with Crippen molar-refractivity contribution in [2.45, 2.75) is 22.1 Å². The van der Waals surface area contributed by atoms with Crippen LogP contribution in [0.3, 0.4) is 0 Å². The normalized spacial score (nSPS) is 23.0. The first-order valence-corrected chi connectivity index (χ1v) is 9.30. The molecule has 1 fully saturated rings. The molecule has 0 bridgehead atoms. The Balaban J connectivity index is 1.75. The summed E-state index contributed by atoms with van der Waals surface area (Å²) in [6.45, 7) is 2.06. The van der Waals surface area contributed by atoms with Gasteiger partial charge in [0.2, 0.25) is 0 Å². The summed E-state index contributed by atoms with van der Waals surface area (Å²) in [6, 6.07) is 9.48. The zero-order chi connectivity index (χ0) is 15.9. The quantitative estimate of drug-likeness (QED) is 0.405. The van der Waals surface area contributed by atoms with Gasteiger partial charge in [-0.2, -0.15) is 0 Å². The van der Waals surface area contributed by atoms with Gasteiger partial charge >= 0.3 is 5.97 Å². The third-order valence-corrected chi connectivity index (χ3v) is 7.19. The fraction of sp³-hybridized carbons (Fsp3) is 0.333. The molecule has 0 saturated carbocycles. The lowest BCUT2D eigenvalue weighted by Gasteiger charge is -2.52. The minimum Gasteiger partial charge on any atom is -0.456 e. The van der Waals surface area contributed by atoms with Crippen LogP contribution in [0.1, 0.15) is 12.5 Å². The van der Waals surface area contributed by atoms with Crippen molar-refractivity contribution in [2.75, 3.05) is 5.75 Å². The average Bonchev–Trinajstić information content (AvgIpc) is 2.52. The van der Waals surface area contributed by atoms with E-state index in [-0.39, 0.29) is 17.9 Å². The number of halogens is 2. The van der Waals surface area contributed by atoms with Gasteiger partial charge in [-0.1, -0.05) is 62.2 Å². The van der Waals surface area contributed by atoms with Crippen LogP contribution in [0.5, 0.6) is 0 Å². The van der Waals surface area contributed by atoms with Crippen LogP contribution in [0, 0.1) is 0 Å². The second kappa shape index (κ2) is 6.02. The van der Waals surface area contributed by atoms with E-state index in [1.54, 1.807) is 11.8 Å². The molecule has 0 aliphatic carbocycles. The van der Waals surface area contributed by atoms with Crippen molar-refractivity contribution in [1.29, 1.82) is 0 Å². The van der Waals surface area contributed by atoms with E-state index in [9.17, 15) is 9.59 Å². The van der Waals surface area contributed by atoms with Crippen LogP contribution in [0.2, 0.25) is 0 Å². The van der Waals surface area contributed by atoms with Gasteiger partial charge in [0.05, 0.1) is 0 Å². The minimum absolute atomic E-state index is 0.136. The molecule has 0 radical (unpaired) electrons. The number of thioether (sulfide) groups is 1. The Morgan fingerprint density at radius 2 is 2.09 bits per heavy atom. The number of nitrogens with zero attached hydrogens (tertiary/aromatic N) is 1. The molecule has 2 aliphatic heterocycles. The predicted molar refractivity (Wildman–Crippen MR) is 92.6 cm³/mol. The van der Waals surface area contributed by atoms with Crippen LogP contribution in [-0.4, -0.2) is 31.1 Å². The first kappa shape index (κ1) is 16.1. The first-order valence-electron chi connectivity index (χ1n) is 6.67. The fourth-order valence-electron chi connectivity index (χ4n) is 2.41. The molecular weight excluding hydrogens is 434 g/mol. The molecule has 0 unspecified atom stereocenters. The monoisotopic (exact) mass is 445 g/mol. The van der Waals surface area contributed by atoms with E-state index < -0.39 is 9.20 Å². The maximum Gasteiger partial charge on any atom is 0.355 e. The molecule has 1 aromatic rings. The molecule has 22 heavy (non-hydrogen) atoms. The molecule has 3 rings (SSSR count). The van der Waals surface area contributed by atoms with Gasteiger partial charge in [0.1, 0.15) is 17.7 Å². The van der Waals surface area contributed by atoms with E-state index in [1.165, 1.54) is 4.90 Å². The van der Waals surface area contributed by atoms with Crippen LogP contribution in [0.25, 0.3) is 0 Å². The smallest absolute Gasteiger partial charge is 0.355 e. The van der Waals surface area contributed by atoms with Gasteiger partial charge < -0.3 is 4.74 Å². The van der Waals surface area contributed by atoms with Gasteiger partial charge in [-0.3, -0.25) is 9.69 Å². The lowest BCUT2D eigenvalue weighted by molar-refractivity contribution is -0.150. The summed E-state index contributed by atoms with van der Waals surface area (Å²) in [5.74, 6) is 0.0783. The number of ether oxygens (including phenoxy) is 1. The Labute approximate surface area is 149 Å². The Morgan fingerprint density at radius 3 is 2.77 bits per heavy atom. The van der Waals surface area contributed by atoms with Crippen molar-refractivity contribution in [2.24, 2.45) is 0 Å². The number of benzene rings is 1. The van der Waals surface area contributed by atoms with Gasteiger partial charge in [0.25, 0.3) is 5.91 Å².